The molecule has 0 atom stereocenters. The highest BCUT2D eigenvalue weighted by molar-refractivity contribution is 5.77. The highest BCUT2D eigenvalue weighted by atomic mass is 16.5. The van der Waals surface area contributed by atoms with E-state index in [4.69, 9.17) is 4.52 Å². The average Bonchev–Trinajstić information content (AvgIpc) is 2.50. The summed E-state index contributed by atoms with van der Waals surface area (Å²) in [6.45, 7) is 6.66. The molecule has 0 bridgehead atoms. The van der Waals surface area contributed by atoms with Gasteiger partial charge in [-0.1, -0.05) is 19.0 Å². The van der Waals surface area contributed by atoms with Crippen molar-refractivity contribution in [2.24, 2.45) is 5.92 Å². The number of amides is 1. The molecule has 1 amide bonds. The zero-order chi connectivity index (χ0) is 11.3. The Bertz CT molecular complexity index is 320. The van der Waals surface area contributed by atoms with Crippen LogP contribution >= 0.6 is 0 Å². The van der Waals surface area contributed by atoms with Crippen molar-refractivity contribution >= 4 is 5.91 Å². The minimum atomic E-state index is -0.0701. The molecule has 0 aliphatic rings. The van der Waals surface area contributed by atoms with Crippen LogP contribution in [0, 0.1) is 12.8 Å². The molecule has 0 saturated carbocycles. The van der Waals surface area contributed by atoms with E-state index in [1.165, 1.54) is 0 Å². The average molecular weight is 211 g/mol. The Morgan fingerprint density at radius 1 is 1.53 bits per heavy atom. The second kappa shape index (κ2) is 5.48. The summed E-state index contributed by atoms with van der Waals surface area (Å²) in [5, 5.41) is 6.42. The van der Waals surface area contributed by atoms with E-state index < -0.39 is 0 Å². The minimum Gasteiger partial charge on any atom is -0.356 e. The van der Waals surface area contributed by atoms with Gasteiger partial charge in [-0.2, -0.15) is 4.98 Å². The summed E-state index contributed by atoms with van der Waals surface area (Å²) in [6, 6.07) is 0. The predicted octanol–water partition coefficient (Wildman–Crippen LogP) is 1.08. The summed E-state index contributed by atoms with van der Waals surface area (Å²) >= 11 is 0. The van der Waals surface area contributed by atoms with Gasteiger partial charge in [-0.15, -0.1) is 0 Å². The van der Waals surface area contributed by atoms with Gasteiger partial charge in [0, 0.05) is 6.54 Å². The second-order valence-corrected chi connectivity index (χ2v) is 3.94. The lowest BCUT2D eigenvalue weighted by atomic mass is 10.1. The van der Waals surface area contributed by atoms with Crippen molar-refractivity contribution in [3.05, 3.63) is 11.7 Å². The van der Waals surface area contributed by atoms with Gasteiger partial charge in [-0.05, 0) is 19.3 Å². The zero-order valence-corrected chi connectivity index (χ0v) is 9.41. The van der Waals surface area contributed by atoms with E-state index >= 15 is 0 Å². The fourth-order valence-corrected chi connectivity index (χ4v) is 1.11. The van der Waals surface area contributed by atoms with Crippen molar-refractivity contribution in [1.29, 1.82) is 0 Å². The number of nitrogens with one attached hydrogen (secondary N) is 1. The van der Waals surface area contributed by atoms with Crippen LogP contribution in [0.1, 0.15) is 32.0 Å². The maximum atomic E-state index is 11.4. The lowest BCUT2D eigenvalue weighted by molar-refractivity contribution is -0.120. The highest BCUT2D eigenvalue weighted by Crippen LogP contribution is 1.98. The van der Waals surface area contributed by atoms with Crippen LogP contribution in [0.4, 0.5) is 0 Å². The number of aromatic nitrogens is 2. The molecule has 1 aromatic rings. The Morgan fingerprint density at radius 2 is 2.27 bits per heavy atom. The van der Waals surface area contributed by atoms with Crippen LogP contribution in [0.3, 0.4) is 0 Å². The summed E-state index contributed by atoms with van der Waals surface area (Å²) in [5.74, 6) is 1.45. The fourth-order valence-electron chi connectivity index (χ4n) is 1.11. The number of carbonyl (C=O) groups is 1. The molecule has 5 nitrogen and oxygen atoms in total. The van der Waals surface area contributed by atoms with E-state index in [0.29, 0.717) is 24.2 Å². The number of rotatable bonds is 5. The molecule has 0 aliphatic carbocycles. The van der Waals surface area contributed by atoms with Gasteiger partial charge < -0.3 is 9.84 Å². The van der Waals surface area contributed by atoms with Gasteiger partial charge in [-0.25, -0.2) is 0 Å². The zero-order valence-electron chi connectivity index (χ0n) is 9.41. The largest absolute Gasteiger partial charge is 0.356 e. The van der Waals surface area contributed by atoms with Crippen LogP contribution in [0.2, 0.25) is 0 Å². The predicted molar refractivity (Wildman–Crippen MR) is 55.2 cm³/mol. The number of nitrogens with zero attached hydrogens (tertiary/aromatic N) is 2. The van der Waals surface area contributed by atoms with E-state index in [1.54, 1.807) is 6.92 Å². The molecular formula is C10H17N3O2. The molecule has 0 fully saturated rings. The van der Waals surface area contributed by atoms with E-state index in [9.17, 15) is 4.79 Å². The third-order valence-corrected chi connectivity index (χ3v) is 1.93. The molecule has 0 aliphatic heterocycles. The van der Waals surface area contributed by atoms with Gasteiger partial charge in [0.25, 0.3) is 0 Å². The van der Waals surface area contributed by atoms with Gasteiger partial charge in [0.05, 0.1) is 0 Å². The van der Waals surface area contributed by atoms with Gasteiger partial charge in [0.1, 0.15) is 6.42 Å². The molecule has 0 saturated heterocycles. The Balaban J connectivity index is 2.24. The van der Waals surface area contributed by atoms with E-state index in [2.05, 4.69) is 29.3 Å². The Morgan fingerprint density at radius 3 is 2.80 bits per heavy atom. The van der Waals surface area contributed by atoms with Gasteiger partial charge >= 0.3 is 0 Å². The monoisotopic (exact) mass is 211 g/mol. The third-order valence-electron chi connectivity index (χ3n) is 1.93. The first kappa shape index (κ1) is 11.7. The molecule has 5 heteroatoms. The molecule has 1 heterocycles. The molecule has 1 aromatic heterocycles. The highest BCUT2D eigenvalue weighted by Gasteiger charge is 2.08. The summed E-state index contributed by atoms with van der Waals surface area (Å²) in [5.41, 5.74) is 0. The molecule has 0 unspecified atom stereocenters. The maximum Gasteiger partial charge on any atom is 0.236 e. The molecule has 15 heavy (non-hydrogen) atoms. The standard InChI is InChI=1S/C10H17N3O2/c1-7(2)4-5-11-9(14)6-10-12-8(3)13-15-10/h7H,4-6H2,1-3H3,(H,11,14). The SMILES string of the molecule is Cc1noc(CC(=O)NCCC(C)C)n1. The van der Waals surface area contributed by atoms with Gasteiger partial charge in [-0.3, -0.25) is 4.79 Å². The first-order chi connectivity index (χ1) is 7.08. The molecule has 0 spiro atoms. The summed E-state index contributed by atoms with van der Waals surface area (Å²) in [7, 11) is 0. The van der Waals surface area contributed by atoms with Crippen LogP contribution in [0.15, 0.2) is 4.52 Å². The molecule has 84 valence electrons. The number of hydrogen-bond donors (Lipinski definition) is 1. The van der Waals surface area contributed by atoms with Crippen molar-refractivity contribution in [3.63, 3.8) is 0 Å². The Labute approximate surface area is 89.2 Å². The third kappa shape index (κ3) is 4.58. The molecule has 0 aromatic carbocycles. The normalized spacial score (nSPS) is 10.7. The number of carbonyl (C=O) groups excluding carboxylic acids is 1. The first-order valence-corrected chi connectivity index (χ1v) is 5.14. The Kier molecular flexibility index (Phi) is 4.27. The van der Waals surface area contributed by atoms with Crippen LogP contribution < -0.4 is 5.32 Å². The van der Waals surface area contributed by atoms with Crippen molar-refractivity contribution < 1.29 is 9.32 Å². The van der Waals surface area contributed by atoms with E-state index in [1.807, 2.05) is 0 Å². The van der Waals surface area contributed by atoms with Crippen molar-refractivity contribution in [3.8, 4) is 0 Å². The molecule has 1 N–H and O–H groups in total. The molecular weight excluding hydrogens is 194 g/mol. The van der Waals surface area contributed by atoms with E-state index in [-0.39, 0.29) is 12.3 Å². The smallest absolute Gasteiger partial charge is 0.236 e. The van der Waals surface area contributed by atoms with Crippen LogP contribution in [0.5, 0.6) is 0 Å². The second-order valence-electron chi connectivity index (χ2n) is 3.94. The minimum absolute atomic E-state index is 0.0701. The molecule has 0 radical (unpaired) electrons. The maximum absolute atomic E-state index is 11.4. The summed E-state index contributed by atoms with van der Waals surface area (Å²) in [4.78, 5) is 15.3. The summed E-state index contributed by atoms with van der Waals surface area (Å²) < 4.78 is 4.84. The van der Waals surface area contributed by atoms with E-state index in [0.717, 1.165) is 6.42 Å². The van der Waals surface area contributed by atoms with Crippen molar-refractivity contribution in [1.82, 2.24) is 15.5 Å². The lowest BCUT2D eigenvalue weighted by Crippen LogP contribution is -2.26. The van der Waals surface area contributed by atoms with Gasteiger partial charge in [0.15, 0.2) is 5.82 Å². The quantitative estimate of drug-likeness (QED) is 0.791. The first-order valence-electron chi connectivity index (χ1n) is 5.14. The van der Waals surface area contributed by atoms with Crippen LogP contribution in [-0.2, 0) is 11.2 Å². The van der Waals surface area contributed by atoms with Crippen molar-refractivity contribution in [2.75, 3.05) is 6.54 Å². The lowest BCUT2D eigenvalue weighted by Gasteiger charge is -2.05. The molecule has 1 rings (SSSR count). The fraction of sp³-hybridized carbons (Fsp3) is 0.700. The topological polar surface area (TPSA) is 68.0 Å². The summed E-state index contributed by atoms with van der Waals surface area (Å²) in [6.07, 6.45) is 1.15. The van der Waals surface area contributed by atoms with Crippen LogP contribution in [0.25, 0.3) is 0 Å². The number of hydrogen-bond acceptors (Lipinski definition) is 4. The Hall–Kier alpha value is -1.39. The van der Waals surface area contributed by atoms with Gasteiger partial charge in [0.2, 0.25) is 11.8 Å². The van der Waals surface area contributed by atoms with Crippen molar-refractivity contribution in [2.45, 2.75) is 33.6 Å². The number of aryl methyl sites for hydroxylation is 1. The van der Waals surface area contributed by atoms with Crippen LogP contribution in [-0.4, -0.2) is 22.6 Å².